The van der Waals surface area contributed by atoms with Crippen LogP contribution in [0.25, 0.3) is 0 Å². The molecule has 2 aromatic heterocycles. The van der Waals surface area contributed by atoms with Gasteiger partial charge in [-0.15, -0.1) is 5.10 Å². The molecule has 2 N–H and O–H groups in total. The Morgan fingerprint density at radius 1 is 1.30 bits per heavy atom. The lowest BCUT2D eigenvalue weighted by Gasteiger charge is -2.04. The quantitative estimate of drug-likeness (QED) is 0.818. The van der Waals surface area contributed by atoms with E-state index in [4.69, 9.17) is 9.15 Å². The van der Waals surface area contributed by atoms with Gasteiger partial charge in [0.1, 0.15) is 0 Å². The number of nitrogens with zero attached hydrogens (tertiary/aromatic N) is 4. The van der Waals surface area contributed by atoms with Gasteiger partial charge in [-0.25, -0.2) is 4.98 Å². The van der Waals surface area contributed by atoms with Crippen LogP contribution in [0.3, 0.4) is 0 Å². The molecule has 0 spiro atoms. The first kappa shape index (κ1) is 14.2. The van der Waals surface area contributed by atoms with Gasteiger partial charge in [-0.1, -0.05) is 18.9 Å². The van der Waals surface area contributed by atoms with E-state index in [1.165, 1.54) is 0 Å². The van der Waals surface area contributed by atoms with Crippen LogP contribution in [0.1, 0.15) is 25.4 Å². The summed E-state index contributed by atoms with van der Waals surface area (Å²) in [4.78, 5) is 8.36. The second kappa shape index (κ2) is 6.29. The van der Waals surface area contributed by atoms with Gasteiger partial charge in [0.25, 0.3) is 0 Å². The molecule has 0 saturated heterocycles. The van der Waals surface area contributed by atoms with Gasteiger partial charge in [-0.05, 0) is 6.92 Å². The first-order valence-electron chi connectivity index (χ1n) is 6.29. The highest BCUT2D eigenvalue weighted by Crippen LogP contribution is 2.15. The summed E-state index contributed by atoms with van der Waals surface area (Å²) < 4.78 is 10.5. The number of nitrogens with one attached hydrogen (secondary N) is 2. The van der Waals surface area contributed by atoms with Gasteiger partial charge >= 0.3 is 6.01 Å². The third kappa shape index (κ3) is 3.89. The first-order chi connectivity index (χ1) is 9.56. The van der Waals surface area contributed by atoms with E-state index in [0.29, 0.717) is 30.3 Å². The van der Waals surface area contributed by atoms with Crippen molar-refractivity contribution in [2.24, 2.45) is 0 Å². The van der Waals surface area contributed by atoms with Crippen LogP contribution in [-0.4, -0.2) is 33.3 Å². The number of ether oxygens (including phenoxy) is 1. The number of aromatic nitrogens is 4. The van der Waals surface area contributed by atoms with E-state index in [-0.39, 0.29) is 6.01 Å². The van der Waals surface area contributed by atoms with E-state index in [0.717, 1.165) is 5.69 Å². The molecular weight excluding hydrogens is 260 g/mol. The highest BCUT2D eigenvalue weighted by atomic mass is 16.5. The van der Waals surface area contributed by atoms with E-state index in [1.54, 1.807) is 13.2 Å². The molecule has 8 heteroatoms. The fourth-order valence-corrected chi connectivity index (χ4v) is 1.46. The smallest absolute Gasteiger partial charge is 0.322 e. The zero-order chi connectivity index (χ0) is 14.5. The molecule has 0 radical (unpaired) electrons. The Labute approximate surface area is 117 Å². The van der Waals surface area contributed by atoms with Crippen LogP contribution in [0.5, 0.6) is 5.88 Å². The molecule has 0 aliphatic rings. The zero-order valence-electron chi connectivity index (χ0n) is 12.0. The van der Waals surface area contributed by atoms with Gasteiger partial charge in [0, 0.05) is 17.8 Å². The molecule has 0 amide bonds. The average Bonchev–Trinajstić information content (AvgIpc) is 2.83. The van der Waals surface area contributed by atoms with Crippen LogP contribution in [0.4, 0.5) is 12.0 Å². The van der Waals surface area contributed by atoms with Crippen LogP contribution in [0.2, 0.25) is 0 Å². The third-order valence-corrected chi connectivity index (χ3v) is 2.39. The van der Waals surface area contributed by atoms with Gasteiger partial charge in [0.2, 0.25) is 17.7 Å². The number of hydrogen-bond donors (Lipinski definition) is 2. The molecule has 0 aliphatic carbocycles. The van der Waals surface area contributed by atoms with Gasteiger partial charge in [0.15, 0.2) is 0 Å². The lowest BCUT2D eigenvalue weighted by atomic mass is 10.4. The molecular formula is C12H18N6O2. The second-order valence-electron chi connectivity index (χ2n) is 4.54. The van der Waals surface area contributed by atoms with E-state index in [1.807, 2.05) is 20.8 Å². The van der Waals surface area contributed by atoms with Gasteiger partial charge < -0.3 is 14.5 Å². The van der Waals surface area contributed by atoms with Crippen molar-refractivity contribution in [3.63, 3.8) is 0 Å². The predicted octanol–water partition coefficient (Wildman–Crippen LogP) is 1.42. The van der Waals surface area contributed by atoms with E-state index in [9.17, 15) is 0 Å². The highest BCUT2D eigenvalue weighted by Gasteiger charge is 2.09. The molecule has 8 nitrogen and oxygen atoms in total. The standard InChI is InChI=1S/C12H18N6O2/c1-7(2)13-6-10-17-18-12(20-10)16-11-14-8(3)5-9(15-11)19-4/h5,7,13H,6H2,1-4H3,(H,14,15,16,18). The zero-order valence-corrected chi connectivity index (χ0v) is 12.0. The number of anilines is 2. The molecule has 0 fully saturated rings. The van der Waals surface area contributed by atoms with Crippen molar-refractivity contribution >= 4 is 12.0 Å². The maximum absolute atomic E-state index is 5.43. The lowest BCUT2D eigenvalue weighted by Crippen LogP contribution is -2.21. The number of rotatable bonds is 6. The Kier molecular flexibility index (Phi) is 4.46. The normalized spacial score (nSPS) is 10.8. The fourth-order valence-electron chi connectivity index (χ4n) is 1.46. The summed E-state index contributed by atoms with van der Waals surface area (Å²) in [5.41, 5.74) is 0.778. The van der Waals surface area contributed by atoms with Gasteiger partial charge in [-0.3, -0.25) is 5.32 Å². The van der Waals surface area contributed by atoms with Crippen molar-refractivity contribution < 1.29 is 9.15 Å². The molecule has 0 bridgehead atoms. The summed E-state index contributed by atoms with van der Waals surface area (Å²) in [6.07, 6.45) is 0. The molecule has 2 heterocycles. The van der Waals surface area contributed by atoms with E-state index >= 15 is 0 Å². The number of methoxy groups -OCH3 is 1. The van der Waals surface area contributed by atoms with E-state index < -0.39 is 0 Å². The Bertz CT molecular complexity index is 569. The summed E-state index contributed by atoms with van der Waals surface area (Å²) in [7, 11) is 1.55. The molecule has 0 aliphatic heterocycles. The van der Waals surface area contributed by atoms with Crippen molar-refractivity contribution in [3.05, 3.63) is 17.7 Å². The van der Waals surface area contributed by atoms with Gasteiger partial charge in [0.05, 0.1) is 13.7 Å². The Morgan fingerprint density at radius 3 is 2.80 bits per heavy atom. The number of aryl methyl sites for hydroxylation is 1. The summed E-state index contributed by atoms with van der Waals surface area (Å²) in [6, 6.07) is 2.33. The summed E-state index contributed by atoms with van der Waals surface area (Å²) in [5.74, 6) is 1.33. The molecule has 0 aromatic carbocycles. The molecule has 2 aromatic rings. The van der Waals surface area contributed by atoms with Crippen molar-refractivity contribution in [2.45, 2.75) is 33.4 Å². The maximum atomic E-state index is 5.43. The van der Waals surface area contributed by atoms with Crippen molar-refractivity contribution in [1.82, 2.24) is 25.5 Å². The minimum Gasteiger partial charge on any atom is -0.481 e. The minimum absolute atomic E-state index is 0.248. The molecule has 0 unspecified atom stereocenters. The molecule has 20 heavy (non-hydrogen) atoms. The average molecular weight is 278 g/mol. The SMILES string of the molecule is COc1cc(C)nc(Nc2nnc(CNC(C)C)o2)n1. The molecule has 108 valence electrons. The monoisotopic (exact) mass is 278 g/mol. The topological polar surface area (TPSA) is 98.0 Å². The molecule has 0 saturated carbocycles. The second-order valence-corrected chi connectivity index (χ2v) is 4.54. The van der Waals surface area contributed by atoms with Crippen LogP contribution < -0.4 is 15.4 Å². The van der Waals surface area contributed by atoms with Crippen LogP contribution in [0.15, 0.2) is 10.5 Å². The van der Waals surface area contributed by atoms with Crippen molar-refractivity contribution in [2.75, 3.05) is 12.4 Å². The summed E-state index contributed by atoms with van der Waals surface area (Å²) in [5, 5.41) is 13.9. The van der Waals surface area contributed by atoms with Crippen molar-refractivity contribution in [3.8, 4) is 5.88 Å². The van der Waals surface area contributed by atoms with Crippen LogP contribution in [-0.2, 0) is 6.54 Å². The maximum Gasteiger partial charge on any atom is 0.322 e. The number of hydrogen-bond acceptors (Lipinski definition) is 8. The third-order valence-electron chi connectivity index (χ3n) is 2.39. The Balaban J connectivity index is 2.04. The van der Waals surface area contributed by atoms with Crippen molar-refractivity contribution in [1.29, 1.82) is 0 Å². The summed E-state index contributed by atoms with van der Waals surface area (Å²) in [6.45, 7) is 6.45. The molecule has 2 rings (SSSR count). The van der Waals surface area contributed by atoms with Gasteiger partial charge in [-0.2, -0.15) is 4.98 Å². The van der Waals surface area contributed by atoms with Crippen LogP contribution >= 0.6 is 0 Å². The lowest BCUT2D eigenvalue weighted by molar-refractivity contribution is 0.397. The summed E-state index contributed by atoms with van der Waals surface area (Å²) >= 11 is 0. The first-order valence-corrected chi connectivity index (χ1v) is 6.29. The van der Waals surface area contributed by atoms with E-state index in [2.05, 4.69) is 30.8 Å². The Hall–Kier alpha value is -2.22. The fraction of sp³-hybridized carbons (Fsp3) is 0.500. The minimum atomic E-state index is 0.248. The van der Waals surface area contributed by atoms with Crippen LogP contribution in [0, 0.1) is 6.92 Å². The molecule has 0 atom stereocenters. The predicted molar refractivity (Wildman–Crippen MR) is 72.9 cm³/mol. The highest BCUT2D eigenvalue weighted by molar-refractivity contribution is 5.41. The Morgan fingerprint density at radius 2 is 2.10 bits per heavy atom. The largest absolute Gasteiger partial charge is 0.481 e.